The van der Waals surface area contributed by atoms with Crippen molar-refractivity contribution in [2.45, 2.75) is 0 Å². The van der Waals surface area contributed by atoms with Gasteiger partial charge in [-0.05, 0) is 212 Å². The van der Waals surface area contributed by atoms with Crippen molar-refractivity contribution in [2.75, 3.05) is 7.11 Å². The van der Waals surface area contributed by atoms with Gasteiger partial charge in [-0.15, -0.1) is 0 Å². The smallest absolute Gasteiger partial charge is 0.269 e. The molecule has 0 aliphatic carbocycles. The molecule has 27 heteroatoms. The maximum atomic E-state index is 11.0. The summed E-state index contributed by atoms with van der Waals surface area (Å²) in [5.41, 5.74) is 20.6. The third-order valence-corrected chi connectivity index (χ3v) is 19.4. The molecule has 2 N–H and O–H groups in total. The largest absolute Gasteiger partial charge is 0.507 e. The van der Waals surface area contributed by atoms with Crippen LogP contribution < -0.4 is 4.74 Å². The second-order valence-corrected chi connectivity index (χ2v) is 27.2. The van der Waals surface area contributed by atoms with Crippen LogP contribution in [-0.2, 0) is 0 Å². The summed E-state index contributed by atoms with van der Waals surface area (Å²) in [7, 11) is 1.52. The molecule has 0 spiro atoms. The SMILES string of the molecule is COc1ccc(-c2cc(-c3ccncc3)nn2-c2ccc([N+](=O)[O-])cc2)c(O)c1.O=[N+]([O-])c1ccc(-n2nc(-c3ccncc3)cc2-c2ccccc2O)cc1.c1ccc(-n2nc(-c3cccnc3)cc2-c2cccnc2)cc1.c1ccc(-n2nc(-c3cccnc3)cc2-c2ccco2)cc1.c1ccc(-n2nc(-c3ccncc3)cc2-c2ccncc2)cc1. The molecule has 0 saturated heterocycles. The lowest BCUT2D eigenvalue weighted by molar-refractivity contribution is -0.385. The van der Waals surface area contributed by atoms with Crippen molar-refractivity contribution in [3.8, 4) is 158 Å². The Morgan fingerprint density at radius 1 is 0.290 bits per heavy atom. The molecule has 0 unspecified atom stereocenters. The number of phenolic OH excluding ortho intramolecular Hbond substituents is 2. The number of furan rings is 1. The lowest BCUT2D eigenvalue weighted by atomic mass is 10.1. The molecule has 20 aromatic rings. The van der Waals surface area contributed by atoms with Crippen molar-refractivity contribution in [1.29, 1.82) is 0 Å². The topological polar surface area (TPSA) is 328 Å². The predicted molar refractivity (Wildman–Crippen MR) is 472 cm³/mol. The normalized spacial score (nSPS) is 10.7. The zero-order chi connectivity index (χ0) is 84.9. The molecule has 20 rings (SSSR count). The quantitative estimate of drug-likeness (QED) is 0.0595. The van der Waals surface area contributed by atoms with E-state index in [-0.39, 0.29) is 22.9 Å². The summed E-state index contributed by atoms with van der Waals surface area (Å²) >= 11 is 0. The lowest BCUT2D eigenvalue weighted by Crippen LogP contribution is -2.00. The highest BCUT2D eigenvalue weighted by atomic mass is 16.6. The van der Waals surface area contributed by atoms with Gasteiger partial charge in [0.25, 0.3) is 11.4 Å². The summed E-state index contributed by atoms with van der Waals surface area (Å²) in [6, 6.07) is 95.2. The third-order valence-electron chi connectivity index (χ3n) is 19.4. The van der Waals surface area contributed by atoms with Crippen LogP contribution in [0, 0.1) is 20.2 Å². The Morgan fingerprint density at radius 3 is 1.00 bits per heavy atom. The lowest BCUT2D eigenvalue weighted by Gasteiger charge is -2.10. The Kier molecular flexibility index (Phi) is 24.5. The van der Waals surface area contributed by atoms with Crippen LogP contribution in [0.25, 0.3) is 141 Å². The highest BCUT2D eigenvalue weighted by molar-refractivity contribution is 5.78. The van der Waals surface area contributed by atoms with E-state index in [1.807, 2.05) is 245 Å². The molecule has 0 aliphatic heterocycles. The van der Waals surface area contributed by atoms with E-state index < -0.39 is 9.85 Å². The molecular formula is C97H71N19O8. The van der Waals surface area contributed by atoms with Crippen LogP contribution in [0.3, 0.4) is 0 Å². The fourth-order valence-corrected chi connectivity index (χ4v) is 13.3. The first kappa shape index (κ1) is 79.9. The van der Waals surface area contributed by atoms with Crippen LogP contribution in [0.5, 0.6) is 17.2 Å². The van der Waals surface area contributed by atoms with E-state index in [1.54, 1.807) is 138 Å². The number of benzene rings is 7. The minimum atomic E-state index is -0.453. The van der Waals surface area contributed by atoms with Gasteiger partial charge in [0.1, 0.15) is 22.9 Å². The maximum absolute atomic E-state index is 11.0. The number of nitro groups is 2. The molecule has 0 bridgehead atoms. The number of aromatic nitrogens is 17. The summed E-state index contributed by atoms with van der Waals surface area (Å²) in [6.07, 6.45) is 26.3. The van der Waals surface area contributed by atoms with Gasteiger partial charge in [0.15, 0.2) is 5.76 Å². The number of non-ortho nitro benzene ring substituents is 2. The van der Waals surface area contributed by atoms with Crippen molar-refractivity contribution in [2.24, 2.45) is 0 Å². The van der Waals surface area contributed by atoms with Crippen molar-refractivity contribution in [3.63, 3.8) is 0 Å². The molecule has 602 valence electrons. The Morgan fingerprint density at radius 2 is 0.629 bits per heavy atom. The first-order valence-corrected chi connectivity index (χ1v) is 38.6. The standard InChI is InChI=1S/C21H16N4O4.C20H14N4O3.2C19H14N4.C18H13N3O/c1-29-17-6-7-18(21(26)12-17)20-13-19(14-8-10-22-11-9-14)23-24(20)15-2-4-16(5-3-15)25(27)28;25-20-4-2-1-3-17(20)19-13-18(14-9-11-21-12-10-14)22-23(19)15-5-7-16(8-6-15)24(26)27;1-2-8-17(9-3-1)23-19(16-7-5-11-21-14-16)12-18(22-23)15-6-4-10-20-13-15;1-2-4-17(5-3-1)23-19(16-8-12-21-13-9-16)14-18(22-23)15-6-10-20-11-7-15;1-2-7-15(8-3-1)21-17(18-9-5-11-22-18)12-16(20-21)14-6-4-10-19-13-14/h2-13,26H,1H3;1-13,25H;2*1-14H;1-13H. The molecule has 13 heterocycles. The van der Waals surface area contributed by atoms with Crippen molar-refractivity contribution >= 4 is 11.4 Å². The summed E-state index contributed by atoms with van der Waals surface area (Å²) < 4.78 is 19.8. The van der Waals surface area contributed by atoms with E-state index in [1.165, 1.54) is 37.4 Å². The number of aromatic hydroxyl groups is 2. The Labute approximate surface area is 708 Å². The number of para-hydroxylation sites is 4. The minimum Gasteiger partial charge on any atom is -0.507 e. The van der Waals surface area contributed by atoms with Gasteiger partial charge in [-0.2, -0.15) is 25.5 Å². The molecule has 0 aliphatic rings. The highest BCUT2D eigenvalue weighted by Gasteiger charge is 2.22. The van der Waals surface area contributed by atoms with Crippen molar-refractivity contribution in [1.82, 2.24) is 83.8 Å². The van der Waals surface area contributed by atoms with E-state index in [0.717, 1.165) is 95.9 Å². The molecular weight excluding hydrogens is 1560 g/mol. The number of hydrogen-bond donors (Lipinski definition) is 2. The number of rotatable bonds is 18. The van der Waals surface area contributed by atoms with Crippen LogP contribution in [0.2, 0.25) is 0 Å². The van der Waals surface area contributed by atoms with Gasteiger partial charge in [0, 0.05) is 167 Å². The molecule has 0 saturated carbocycles. The van der Waals surface area contributed by atoms with E-state index >= 15 is 0 Å². The van der Waals surface area contributed by atoms with Gasteiger partial charge < -0.3 is 19.4 Å². The molecule has 0 radical (unpaired) electrons. The minimum absolute atomic E-state index is 0.00405. The molecule has 124 heavy (non-hydrogen) atoms. The van der Waals surface area contributed by atoms with Crippen LogP contribution in [0.4, 0.5) is 11.4 Å². The zero-order valence-electron chi connectivity index (χ0n) is 65.9. The second kappa shape index (κ2) is 38.0. The molecule has 0 fully saturated rings. The van der Waals surface area contributed by atoms with Gasteiger partial charge in [-0.3, -0.25) is 55.1 Å². The van der Waals surface area contributed by atoms with Gasteiger partial charge in [-0.25, -0.2) is 23.4 Å². The molecule has 7 aromatic carbocycles. The summed E-state index contributed by atoms with van der Waals surface area (Å²) in [6.45, 7) is 0. The molecule has 13 aromatic heterocycles. The first-order valence-electron chi connectivity index (χ1n) is 38.6. The van der Waals surface area contributed by atoms with Crippen LogP contribution in [-0.4, -0.2) is 111 Å². The number of phenols is 2. The third kappa shape index (κ3) is 18.7. The number of hydrogen-bond acceptors (Lipinski definition) is 20. The van der Waals surface area contributed by atoms with Gasteiger partial charge in [-0.1, -0.05) is 66.7 Å². The predicted octanol–water partition coefficient (Wildman–Crippen LogP) is 20.6. The zero-order valence-corrected chi connectivity index (χ0v) is 65.9. The second-order valence-electron chi connectivity index (χ2n) is 27.2. The van der Waals surface area contributed by atoms with E-state index in [2.05, 4.69) is 57.2 Å². The van der Waals surface area contributed by atoms with E-state index in [9.17, 15) is 30.4 Å². The molecule has 27 nitrogen and oxygen atoms in total. The number of methoxy groups -OCH3 is 1. The molecule has 0 amide bonds. The number of pyridine rings is 7. The average Bonchev–Trinajstić information content (AvgIpc) is 1.65. The number of nitrogens with zero attached hydrogens (tertiary/aromatic N) is 19. The Hall–Kier alpha value is -17.9. The highest BCUT2D eigenvalue weighted by Crippen LogP contribution is 2.39. The summed E-state index contributed by atoms with van der Waals surface area (Å²) in [4.78, 5) is 49.8. The number of nitro benzene ring substituents is 2. The van der Waals surface area contributed by atoms with Crippen LogP contribution in [0.1, 0.15) is 0 Å². The summed E-state index contributed by atoms with van der Waals surface area (Å²) in [5, 5.41) is 66.3. The fourth-order valence-electron chi connectivity index (χ4n) is 13.3. The van der Waals surface area contributed by atoms with Crippen molar-refractivity contribution < 1.29 is 29.2 Å². The van der Waals surface area contributed by atoms with E-state index in [4.69, 9.17) is 24.5 Å². The van der Waals surface area contributed by atoms with Gasteiger partial charge in [0.05, 0.1) is 103 Å². The van der Waals surface area contributed by atoms with Gasteiger partial charge >= 0.3 is 0 Å². The first-order chi connectivity index (χ1) is 60.9. The fraction of sp³-hybridized carbons (Fsp3) is 0.0103. The summed E-state index contributed by atoms with van der Waals surface area (Å²) in [5.74, 6) is 1.48. The number of ether oxygens (including phenoxy) is 1. The van der Waals surface area contributed by atoms with Crippen LogP contribution >= 0.6 is 0 Å². The monoisotopic (exact) mass is 1630 g/mol. The van der Waals surface area contributed by atoms with Crippen LogP contribution in [0.15, 0.2) is 407 Å². The Balaban J connectivity index is 0.000000115. The average molecular weight is 1630 g/mol. The molecule has 0 atom stereocenters. The Bertz CT molecular complexity index is 6610. The van der Waals surface area contributed by atoms with Crippen molar-refractivity contribution in [3.05, 3.63) is 423 Å². The van der Waals surface area contributed by atoms with Gasteiger partial charge in [0.2, 0.25) is 0 Å². The van der Waals surface area contributed by atoms with E-state index in [0.29, 0.717) is 51.0 Å². The maximum Gasteiger partial charge on any atom is 0.269 e.